The van der Waals surface area contributed by atoms with Gasteiger partial charge in [0, 0.05) is 17.1 Å². The van der Waals surface area contributed by atoms with E-state index in [9.17, 15) is 0 Å². The second kappa shape index (κ2) is 5.55. The highest BCUT2D eigenvalue weighted by Gasteiger charge is 2.08. The van der Waals surface area contributed by atoms with E-state index in [1.165, 1.54) is 6.33 Å². The lowest BCUT2D eigenvalue weighted by atomic mass is 10.2. The zero-order chi connectivity index (χ0) is 13.0. The molecule has 0 aliphatic carbocycles. The van der Waals surface area contributed by atoms with Gasteiger partial charge >= 0.3 is 0 Å². The number of nitrogens with one attached hydrogen (secondary N) is 1. The summed E-state index contributed by atoms with van der Waals surface area (Å²) in [6, 6.07) is 5.50. The Bertz CT molecular complexity index is 547. The molecule has 1 heterocycles. The van der Waals surface area contributed by atoms with Gasteiger partial charge in [-0.05, 0) is 12.1 Å². The Labute approximate surface area is 110 Å². The summed E-state index contributed by atoms with van der Waals surface area (Å²) in [5.74, 6) is 1.30. The average molecular weight is 265 g/mol. The minimum absolute atomic E-state index is 0.476. The molecule has 6 heteroatoms. The molecule has 5 nitrogen and oxygen atoms in total. The van der Waals surface area contributed by atoms with Crippen molar-refractivity contribution in [1.82, 2.24) is 9.97 Å². The normalized spacial score (nSPS) is 10.1. The van der Waals surface area contributed by atoms with Gasteiger partial charge in [-0.3, -0.25) is 0 Å². The maximum atomic E-state index is 6.13. The Balaban J connectivity index is 2.18. The number of methoxy groups -OCH3 is 1. The monoisotopic (exact) mass is 264 g/mol. The van der Waals surface area contributed by atoms with Gasteiger partial charge in [-0.25, -0.2) is 9.97 Å². The van der Waals surface area contributed by atoms with Gasteiger partial charge in [0.25, 0.3) is 0 Å². The number of benzene rings is 1. The third-order valence-corrected chi connectivity index (χ3v) is 2.82. The van der Waals surface area contributed by atoms with Crippen molar-refractivity contribution in [2.75, 3.05) is 18.2 Å². The molecular weight excluding hydrogens is 252 g/mol. The topological polar surface area (TPSA) is 73.1 Å². The number of anilines is 2. The first kappa shape index (κ1) is 12.4. The van der Waals surface area contributed by atoms with Crippen molar-refractivity contribution >= 4 is 23.1 Å². The van der Waals surface area contributed by atoms with E-state index in [0.29, 0.717) is 23.1 Å². The van der Waals surface area contributed by atoms with Crippen LogP contribution >= 0.6 is 11.6 Å². The molecule has 2 rings (SSSR count). The molecule has 0 bridgehead atoms. The van der Waals surface area contributed by atoms with Gasteiger partial charge in [0.05, 0.1) is 19.0 Å². The predicted molar refractivity (Wildman–Crippen MR) is 71.8 cm³/mol. The maximum absolute atomic E-state index is 6.13. The van der Waals surface area contributed by atoms with E-state index in [4.69, 9.17) is 22.1 Å². The van der Waals surface area contributed by atoms with Gasteiger partial charge in [-0.2, -0.15) is 0 Å². The van der Waals surface area contributed by atoms with Crippen molar-refractivity contribution < 1.29 is 4.74 Å². The highest BCUT2D eigenvalue weighted by Crippen LogP contribution is 2.27. The predicted octanol–water partition coefficient (Wildman–Crippen LogP) is 2.33. The molecule has 0 spiro atoms. The fourth-order valence-electron chi connectivity index (χ4n) is 1.56. The van der Waals surface area contributed by atoms with Gasteiger partial charge < -0.3 is 15.8 Å². The molecule has 3 N–H and O–H groups in total. The zero-order valence-corrected chi connectivity index (χ0v) is 10.6. The molecule has 0 atom stereocenters. The standard InChI is InChI=1S/C12H13ClN4O/c1-18-11-4-2-3-9(13)8(11)5-16-12-10(14)6-15-7-17-12/h2-4,6-7H,5,14H2,1H3,(H,15,16,17). The maximum Gasteiger partial charge on any atom is 0.152 e. The number of rotatable bonds is 4. The molecule has 0 saturated carbocycles. The number of halogens is 1. The molecule has 2 aromatic rings. The van der Waals surface area contributed by atoms with Crippen LogP contribution in [0.1, 0.15) is 5.56 Å². The van der Waals surface area contributed by atoms with Crippen molar-refractivity contribution in [3.63, 3.8) is 0 Å². The summed E-state index contributed by atoms with van der Waals surface area (Å²) in [6.07, 6.45) is 2.97. The van der Waals surface area contributed by atoms with Crippen LogP contribution in [0.15, 0.2) is 30.7 Å². The number of hydrogen-bond donors (Lipinski definition) is 2. The first-order valence-corrected chi connectivity index (χ1v) is 5.71. The number of ether oxygens (including phenoxy) is 1. The quantitative estimate of drug-likeness (QED) is 0.887. The van der Waals surface area contributed by atoms with E-state index < -0.39 is 0 Å². The molecular formula is C12H13ClN4O. The SMILES string of the molecule is COc1cccc(Cl)c1CNc1ncncc1N. The number of nitrogens with two attached hydrogens (primary N) is 1. The van der Waals surface area contributed by atoms with Gasteiger partial charge in [0.15, 0.2) is 5.82 Å². The molecule has 0 radical (unpaired) electrons. The molecule has 1 aromatic heterocycles. The van der Waals surface area contributed by atoms with Crippen molar-refractivity contribution in [3.05, 3.63) is 41.3 Å². The van der Waals surface area contributed by atoms with Crippen LogP contribution in [0.25, 0.3) is 0 Å². The Kier molecular flexibility index (Phi) is 3.84. The van der Waals surface area contributed by atoms with E-state index in [0.717, 1.165) is 11.3 Å². The first-order valence-electron chi connectivity index (χ1n) is 5.33. The Morgan fingerprint density at radius 3 is 3.00 bits per heavy atom. The molecule has 0 amide bonds. The van der Waals surface area contributed by atoms with Gasteiger partial charge in [0.1, 0.15) is 12.1 Å². The lowest BCUT2D eigenvalue weighted by molar-refractivity contribution is 0.410. The minimum Gasteiger partial charge on any atom is -0.496 e. The number of nitrogen functional groups attached to an aromatic ring is 1. The largest absolute Gasteiger partial charge is 0.496 e. The summed E-state index contributed by atoms with van der Waals surface area (Å²) < 4.78 is 5.26. The van der Waals surface area contributed by atoms with Crippen LogP contribution in [0, 0.1) is 0 Å². The molecule has 0 aliphatic rings. The fraction of sp³-hybridized carbons (Fsp3) is 0.167. The summed E-state index contributed by atoms with van der Waals surface area (Å²) in [4.78, 5) is 7.87. The summed E-state index contributed by atoms with van der Waals surface area (Å²) in [7, 11) is 1.61. The summed E-state index contributed by atoms with van der Waals surface area (Å²) >= 11 is 6.13. The van der Waals surface area contributed by atoms with E-state index in [2.05, 4.69) is 15.3 Å². The van der Waals surface area contributed by atoms with E-state index in [1.54, 1.807) is 13.3 Å². The second-order valence-corrected chi connectivity index (χ2v) is 4.01. The summed E-state index contributed by atoms with van der Waals surface area (Å²) in [6.45, 7) is 0.476. The van der Waals surface area contributed by atoms with Crippen molar-refractivity contribution in [3.8, 4) is 5.75 Å². The third-order valence-electron chi connectivity index (χ3n) is 2.47. The smallest absolute Gasteiger partial charge is 0.152 e. The number of nitrogens with zero attached hydrogens (tertiary/aromatic N) is 2. The van der Waals surface area contributed by atoms with E-state index in [1.807, 2.05) is 18.2 Å². The van der Waals surface area contributed by atoms with Crippen LogP contribution in [0.5, 0.6) is 5.75 Å². The molecule has 0 saturated heterocycles. The molecule has 0 unspecified atom stereocenters. The highest BCUT2D eigenvalue weighted by molar-refractivity contribution is 6.31. The average Bonchev–Trinajstić information content (AvgIpc) is 2.39. The molecule has 94 valence electrons. The Morgan fingerprint density at radius 2 is 2.28 bits per heavy atom. The first-order chi connectivity index (χ1) is 8.72. The van der Waals surface area contributed by atoms with Crippen molar-refractivity contribution in [1.29, 1.82) is 0 Å². The van der Waals surface area contributed by atoms with Gasteiger partial charge in [0.2, 0.25) is 0 Å². The zero-order valence-electron chi connectivity index (χ0n) is 9.85. The fourth-order valence-corrected chi connectivity index (χ4v) is 1.79. The van der Waals surface area contributed by atoms with Crippen LogP contribution in [0.3, 0.4) is 0 Å². The van der Waals surface area contributed by atoms with E-state index in [-0.39, 0.29) is 0 Å². The molecule has 0 aliphatic heterocycles. The van der Waals surface area contributed by atoms with Crippen LogP contribution < -0.4 is 15.8 Å². The van der Waals surface area contributed by atoms with Crippen molar-refractivity contribution in [2.45, 2.75) is 6.54 Å². The van der Waals surface area contributed by atoms with Crippen LogP contribution in [0.4, 0.5) is 11.5 Å². The summed E-state index contributed by atoms with van der Waals surface area (Å²) in [5, 5.41) is 3.74. The van der Waals surface area contributed by atoms with Gasteiger partial charge in [-0.15, -0.1) is 0 Å². The minimum atomic E-state index is 0.476. The van der Waals surface area contributed by atoms with Crippen LogP contribution in [-0.2, 0) is 6.54 Å². The second-order valence-electron chi connectivity index (χ2n) is 3.60. The lowest BCUT2D eigenvalue weighted by Crippen LogP contribution is -2.06. The summed E-state index contributed by atoms with van der Waals surface area (Å²) in [5.41, 5.74) is 7.09. The lowest BCUT2D eigenvalue weighted by Gasteiger charge is -2.12. The number of aromatic nitrogens is 2. The number of hydrogen-bond acceptors (Lipinski definition) is 5. The van der Waals surface area contributed by atoms with Crippen molar-refractivity contribution in [2.24, 2.45) is 0 Å². The van der Waals surface area contributed by atoms with Crippen LogP contribution in [0.2, 0.25) is 5.02 Å². The third kappa shape index (κ3) is 2.62. The van der Waals surface area contributed by atoms with Gasteiger partial charge in [-0.1, -0.05) is 17.7 Å². The molecule has 18 heavy (non-hydrogen) atoms. The Morgan fingerprint density at radius 1 is 1.44 bits per heavy atom. The Hall–Kier alpha value is -2.01. The molecule has 1 aromatic carbocycles. The van der Waals surface area contributed by atoms with Crippen LogP contribution in [-0.4, -0.2) is 17.1 Å². The molecule has 0 fully saturated rings. The van der Waals surface area contributed by atoms with E-state index >= 15 is 0 Å². The highest BCUT2D eigenvalue weighted by atomic mass is 35.5.